The number of hydrogen-bond acceptors (Lipinski definition) is 4. The highest BCUT2D eigenvalue weighted by Gasteiger charge is 2.24. The molecule has 0 amide bonds. The maximum absolute atomic E-state index is 11.2. The zero-order valence-corrected chi connectivity index (χ0v) is 11.4. The summed E-state index contributed by atoms with van der Waals surface area (Å²) in [4.78, 5) is 10.8. The summed E-state index contributed by atoms with van der Waals surface area (Å²) in [5.74, 6) is 0.981. The Hall–Kier alpha value is -1.78. The van der Waals surface area contributed by atoms with Crippen LogP contribution in [0.5, 0.6) is 5.75 Å². The first kappa shape index (κ1) is 13.6. The minimum absolute atomic E-state index is 0.0308. The summed E-state index contributed by atoms with van der Waals surface area (Å²) < 4.78 is 5.08. The SMILES string of the molecule is COc1cccc(NC2CCCC(C)C2)c1[N+](=O)[O-]. The van der Waals surface area contributed by atoms with E-state index in [-0.39, 0.29) is 10.6 Å². The van der Waals surface area contributed by atoms with E-state index in [1.54, 1.807) is 18.2 Å². The summed E-state index contributed by atoms with van der Waals surface area (Å²) in [6.07, 6.45) is 4.56. The van der Waals surface area contributed by atoms with Crippen molar-refractivity contribution in [3.8, 4) is 5.75 Å². The van der Waals surface area contributed by atoms with Crippen LogP contribution in [0, 0.1) is 16.0 Å². The summed E-state index contributed by atoms with van der Waals surface area (Å²) in [6, 6.07) is 5.46. The van der Waals surface area contributed by atoms with E-state index in [0.29, 0.717) is 23.4 Å². The quantitative estimate of drug-likeness (QED) is 0.666. The number of rotatable bonds is 4. The molecule has 5 nitrogen and oxygen atoms in total. The number of nitro benzene ring substituents is 1. The Kier molecular flexibility index (Phi) is 4.24. The molecule has 1 aliphatic rings. The molecule has 1 aromatic rings. The molecule has 0 bridgehead atoms. The molecule has 1 N–H and O–H groups in total. The van der Waals surface area contributed by atoms with Crippen molar-refractivity contribution in [1.29, 1.82) is 0 Å². The monoisotopic (exact) mass is 264 g/mol. The second-order valence-electron chi connectivity index (χ2n) is 5.23. The van der Waals surface area contributed by atoms with Crippen molar-refractivity contribution >= 4 is 11.4 Å². The molecule has 1 fully saturated rings. The van der Waals surface area contributed by atoms with Gasteiger partial charge in [0.25, 0.3) is 0 Å². The predicted octanol–water partition coefficient (Wildman–Crippen LogP) is 3.59. The Balaban J connectivity index is 2.21. The molecule has 1 aliphatic carbocycles. The van der Waals surface area contributed by atoms with E-state index in [9.17, 15) is 10.1 Å². The molecule has 104 valence electrons. The second kappa shape index (κ2) is 5.91. The highest BCUT2D eigenvalue weighted by atomic mass is 16.6. The largest absolute Gasteiger partial charge is 0.490 e. The van der Waals surface area contributed by atoms with Crippen LogP contribution in [0.25, 0.3) is 0 Å². The first-order chi connectivity index (χ1) is 9.11. The summed E-state index contributed by atoms with van der Waals surface area (Å²) in [5.41, 5.74) is 0.590. The Morgan fingerprint density at radius 1 is 1.42 bits per heavy atom. The Bertz CT molecular complexity index is 462. The van der Waals surface area contributed by atoms with Gasteiger partial charge in [-0.25, -0.2) is 0 Å². The molecule has 0 radical (unpaired) electrons. The third-order valence-electron chi connectivity index (χ3n) is 3.70. The van der Waals surface area contributed by atoms with Crippen LogP contribution in [0.1, 0.15) is 32.6 Å². The number of benzene rings is 1. The minimum atomic E-state index is -0.382. The maximum Gasteiger partial charge on any atom is 0.333 e. The molecule has 5 heteroatoms. The highest BCUT2D eigenvalue weighted by Crippen LogP contribution is 2.36. The topological polar surface area (TPSA) is 64.4 Å². The Morgan fingerprint density at radius 2 is 2.21 bits per heavy atom. The molecule has 0 aliphatic heterocycles. The second-order valence-corrected chi connectivity index (χ2v) is 5.23. The fourth-order valence-corrected chi connectivity index (χ4v) is 2.78. The number of nitrogens with zero attached hydrogens (tertiary/aromatic N) is 1. The van der Waals surface area contributed by atoms with E-state index < -0.39 is 0 Å². The van der Waals surface area contributed by atoms with E-state index in [2.05, 4.69) is 12.2 Å². The average molecular weight is 264 g/mol. The summed E-state index contributed by atoms with van der Waals surface area (Å²) in [6.45, 7) is 2.23. The number of nitro groups is 1. The lowest BCUT2D eigenvalue weighted by atomic mass is 9.87. The van der Waals surface area contributed by atoms with E-state index in [1.165, 1.54) is 20.0 Å². The van der Waals surface area contributed by atoms with E-state index in [1.807, 2.05) is 0 Å². The van der Waals surface area contributed by atoms with Gasteiger partial charge in [-0.3, -0.25) is 10.1 Å². The molecule has 2 rings (SSSR count). The Labute approximate surface area is 113 Å². The van der Waals surface area contributed by atoms with E-state index in [4.69, 9.17) is 4.74 Å². The van der Waals surface area contributed by atoms with Crippen LogP contribution in [0.15, 0.2) is 18.2 Å². The Morgan fingerprint density at radius 3 is 2.84 bits per heavy atom. The first-order valence-electron chi connectivity index (χ1n) is 6.69. The minimum Gasteiger partial charge on any atom is -0.490 e. The number of anilines is 1. The van der Waals surface area contributed by atoms with E-state index in [0.717, 1.165) is 12.8 Å². The molecular weight excluding hydrogens is 244 g/mol. The zero-order chi connectivity index (χ0) is 13.8. The van der Waals surface area contributed by atoms with Gasteiger partial charge in [0.05, 0.1) is 12.0 Å². The zero-order valence-electron chi connectivity index (χ0n) is 11.4. The molecule has 19 heavy (non-hydrogen) atoms. The van der Waals surface area contributed by atoms with Gasteiger partial charge in [0.15, 0.2) is 5.75 Å². The van der Waals surface area contributed by atoms with Crippen LogP contribution in [0.3, 0.4) is 0 Å². The van der Waals surface area contributed by atoms with Crippen molar-refractivity contribution in [1.82, 2.24) is 0 Å². The van der Waals surface area contributed by atoms with Crippen LogP contribution >= 0.6 is 0 Å². The number of para-hydroxylation sites is 1. The number of nitrogens with one attached hydrogen (secondary N) is 1. The van der Waals surface area contributed by atoms with Crippen molar-refractivity contribution in [3.05, 3.63) is 28.3 Å². The average Bonchev–Trinajstić information content (AvgIpc) is 2.38. The van der Waals surface area contributed by atoms with Crippen molar-refractivity contribution in [2.24, 2.45) is 5.92 Å². The van der Waals surface area contributed by atoms with E-state index >= 15 is 0 Å². The predicted molar refractivity (Wildman–Crippen MR) is 74.7 cm³/mol. The van der Waals surface area contributed by atoms with Crippen LogP contribution in [-0.2, 0) is 0 Å². The van der Waals surface area contributed by atoms with Gasteiger partial charge in [-0.15, -0.1) is 0 Å². The number of ether oxygens (including phenoxy) is 1. The molecule has 0 aromatic heterocycles. The van der Waals surface area contributed by atoms with Crippen molar-refractivity contribution in [2.45, 2.75) is 38.6 Å². The number of hydrogen-bond donors (Lipinski definition) is 1. The fourth-order valence-electron chi connectivity index (χ4n) is 2.78. The summed E-state index contributed by atoms with van der Waals surface area (Å²) in [7, 11) is 1.45. The van der Waals surface area contributed by atoms with Gasteiger partial charge >= 0.3 is 5.69 Å². The van der Waals surface area contributed by atoms with Crippen LogP contribution in [0.4, 0.5) is 11.4 Å². The van der Waals surface area contributed by atoms with Gasteiger partial charge < -0.3 is 10.1 Å². The number of methoxy groups -OCH3 is 1. The van der Waals surface area contributed by atoms with Crippen LogP contribution in [-0.4, -0.2) is 18.1 Å². The third-order valence-corrected chi connectivity index (χ3v) is 3.70. The normalized spacial score (nSPS) is 22.8. The highest BCUT2D eigenvalue weighted by molar-refractivity contribution is 5.68. The van der Waals surface area contributed by atoms with Crippen LogP contribution in [0.2, 0.25) is 0 Å². The molecule has 1 saturated carbocycles. The summed E-state index contributed by atoms with van der Waals surface area (Å²) >= 11 is 0. The van der Waals surface area contributed by atoms with Crippen molar-refractivity contribution < 1.29 is 9.66 Å². The molecule has 0 heterocycles. The third kappa shape index (κ3) is 3.16. The molecular formula is C14H20N2O3. The van der Waals surface area contributed by atoms with Gasteiger partial charge in [-0.2, -0.15) is 0 Å². The molecule has 1 aromatic carbocycles. The first-order valence-corrected chi connectivity index (χ1v) is 6.69. The lowest BCUT2D eigenvalue weighted by molar-refractivity contribution is -0.384. The van der Waals surface area contributed by atoms with Crippen LogP contribution < -0.4 is 10.1 Å². The maximum atomic E-state index is 11.2. The van der Waals surface area contributed by atoms with Gasteiger partial charge in [-0.05, 0) is 30.9 Å². The van der Waals surface area contributed by atoms with Gasteiger partial charge in [-0.1, -0.05) is 25.8 Å². The van der Waals surface area contributed by atoms with Gasteiger partial charge in [0.1, 0.15) is 5.69 Å². The molecule has 2 unspecified atom stereocenters. The lowest BCUT2D eigenvalue weighted by Crippen LogP contribution is -2.26. The van der Waals surface area contributed by atoms with Gasteiger partial charge in [0.2, 0.25) is 0 Å². The fraction of sp³-hybridized carbons (Fsp3) is 0.571. The molecule has 0 spiro atoms. The standard InChI is InChI=1S/C14H20N2O3/c1-10-5-3-6-11(9-10)15-12-7-4-8-13(19-2)14(12)16(17)18/h4,7-8,10-11,15H,3,5-6,9H2,1-2H3. The molecule has 2 atom stereocenters. The smallest absolute Gasteiger partial charge is 0.333 e. The van der Waals surface area contributed by atoms with Crippen molar-refractivity contribution in [2.75, 3.05) is 12.4 Å². The summed E-state index contributed by atoms with van der Waals surface area (Å²) in [5, 5.41) is 14.5. The van der Waals surface area contributed by atoms with Crippen molar-refractivity contribution in [3.63, 3.8) is 0 Å². The lowest BCUT2D eigenvalue weighted by Gasteiger charge is -2.28. The van der Waals surface area contributed by atoms with Gasteiger partial charge in [0, 0.05) is 6.04 Å². The molecule has 0 saturated heterocycles.